The molecular weight excluding hydrogens is 493 g/mol. The maximum Gasteiger partial charge on any atom is 0.381 e. The van der Waals surface area contributed by atoms with E-state index in [1.54, 1.807) is 49.4 Å². The first-order valence-corrected chi connectivity index (χ1v) is 12.7. The number of ether oxygens (including phenoxy) is 2. The van der Waals surface area contributed by atoms with Gasteiger partial charge in [-0.1, -0.05) is 60.1 Å². The number of hydrogen-bond donors (Lipinski definition) is 1. The van der Waals surface area contributed by atoms with E-state index in [9.17, 15) is 14.3 Å². The van der Waals surface area contributed by atoms with Gasteiger partial charge in [0.2, 0.25) is 0 Å². The second-order valence-corrected chi connectivity index (χ2v) is 9.52. The Morgan fingerprint density at radius 2 is 1.69 bits per heavy atom. The first kappa shape index (κ1) is 26.4. The summed E-state index contributed by atoms with van der Waals surface area (Å²) in [5.41, 5.74) is -0.247. The molecule has 2 unspecified atom stereocenters. The Morgan fingerprint density at radius 1 is 1.00 bits per heavy atom. The fourth-order valence-electron chi connectivity index (χ4n) is 2.78. The van der Waals surface area contributed by atoms with Gasteiger partial charge in [-0.15, -0.1) is 0 Å². The Hall–Kier alpha value is -3.16. The van der Waals surface area contributed by atoms with Crippen LogP contribution in [-0.4, -0.2) is 29.0 Å². The smallest absolute Gasteiger partial charge is 0.381 e. The number of rotatable bonds is 11. The molecule has 0 fully saturated rings. The lowest BCUT2D eigenvalue weighted by atomic mass is 10.2. The van der Waals surface area contributed by atoms with E-state index in [1.807, 2.05) is 25.1 Å². The molecular formula is C25H25ClNO7P. The van der Waals surface area contributed by atoms with Crippen molar-refractivity contribution in [2.45, 2.75) is 26.4 Å². The molecule has 0 bridgehead atoms. The van der Waals surface area contributed by atoms with Gasteiger partial charge in [-0.05, 0) is 55.8 Å². The number of nitrogens with zero attached hydrogens (tertiary/aromatic N) is 1. The molecule has 10 heteroatoms. The van der Waals surface area contributed by atoms with Gasteiger partial charge in [0, 0.05) is 10.6 Å². The Kier molecular flexibility index (Phi) is 9.46. The van der Waals surface area contributed by atoms with Gasteiger partial charge in [-0.2, -0.15) is 0 Å². The highest BCUT2D eigenvalue weighted by molar-refractivity contribution is 7.72. The lowest BCUT2D eigenvalue weighted by molar-refractivity contribution is -0.145. The molecule has 0 aliphatic carbocycles. The molecule has 8 nitrogen and oxygen atoms in total. The molecule has 0 spiro atoms. The van der Waals surface area contributed by atoms with E-state index in [4.69, 9.17) is 30.4 Å². The number of carbonyl (C=O) groups excluding carboxylic acids is 1. The molecule has 3 aromatic carbocycles. The third kappa shape index (κ3) is 8.23. The molecule has 2 atom stereocenters. The van der Waals surface area contributed by atoms with E-state index < -0.39 is 31.7 Å². The molecule has 0 saturated carbocycles. The summed E-state index contributed by atoms with van der Waals surface area (Å²) >= 11 is 5.90. The third-order valence-electron chi connectivity index (χ3n) is 4.62. The van der Waals surface area contributed by atoms with Crippen molar-refractivity contribution in [3.63, 3.8) is 0 Å². The van der Waals surface area contributed by atoms with Crippen molar-refractivity contribution in [1.82, 2.24) is 0 Å². The van der Waals surface area contributed by atoms with Gasteiger partial charge in [0.25, 0.3) is 0 Å². The number of halogens is 1. The Morgan fingerprint density at radius 3 is 2.40 bits per heavy atom. The molecule has 3 aromatic rings. The van der Waals surface area contributed by atoms with E-state index in [0.717, 1.165) is 0 Å². The largest absolute Gasteiger partial charge is 0.482 e. The summed E-state index contributed by atoms with van der Waals surface area (Å²) in [7, 11) is -4.48. The molecule has 35 heavy (non-hydrogen) atoms. The van der Waals surface area contributed by atoms with Gasteiger partial charge in [0.05, 0.1) is 6.10 Å². The van der Waals surface area contributed by atoms with Crippen LogP contribution in [0.4, 0.5) is 0 Å². The first-order chi connectivity index (χ1) is 16.8. The van der Waals surface area contributed by atoms with Crippen LogP contribution in [0.5, 0.6) is 17.2 Å². The zero-order valence-electron chi connectivity index (χ0n) is 19.2. The van der Waals surface area contributed by atoms with Crippen molar-refractivity contribution in [3.05, 3.63) is 89.4 Å². The molecule has 0 heterocycles. The van der Waals surface area contributed by atoms with E-state index in [0.29, 0.717) is 28.7 Å². The summed E-state index contributed by atoms with van der Waals surface area (Å²) in [6, 6.07) is 21.8. The number of oxime groups is 1. The fraction of sp³-hybridized carbons (Fsp3) is 0.200. The van der Waals surface area contributed by atoms with Crippen molar-refractivity contribution in [1.29, 1.82) is 0 Å². The van der Waals surface area contributed by atoms with E-state index in [-0.39, 0.29) is 5.56 Å². The molecule has 0 saturated heterocycles. The average Bonchev–Trinajstić information content (AvgIpc) is 2.83. The average molecular weight is 518 g/mol. The zero-order valence-corrected chi connectivity index (χ0v) is 20.8. The summed E-state index contributed by atoms with van der Waals surface area (Å²) in [5, 5.41) is 4.14. The minimum absolute atomic E-state index is 0.191. The van der Waals surface area contributed by atoms with Crippen molar-refractivity contribution >= 4 is 30.6 Å². The van der Waals surface area contributed by atoms with Crippen molar-refractivity contribution in [2.75, 3.05) is 6.61 Å². The number of benzene rings is 3. The molecule has 0 amide bonds. The van der Waals surface area contributed by atoms with Crippen LogP contribution < -0.4 is 9.47 Å². The van der Waals surface area contributed by atoms with Crippen LogP contribution in [0.3, 0.4) is 0 Å². The van der Waals surface area contributed by atoms with Crippen LogP contribution in [-0.2, 0) is 18.7 Å². The van der Waals surface area contributed by atoms with E-state index in [2.05, 4.69) is 5.16 Å². The van der Waals surface area contributed by atoms with Crippen LogP contribution in [0.15, 0.2) is 84.0 Å². The second-order valence-electron chi connectivity index (χ2n) is 7.41. The SMILES string of the molecule is CCC(C)OP(=O)(O)C(=NOC(=O)COc1cccc(Cl)c1)c1cccc(Oc2ccccc2)c1. The minimum atomic E-state index is -4.48. The topological polar surface area (TPSA) is 104 Å². The second kappa shape index (κ2) is 12.5. The molecule has 1 N–H and O–H groups in total. The summed E-state index contributed by atoms with van der Waals surface area (Å²) in [4.78, 5) is 27.8. The number of para-hydroxylation sites is 1. The standard InChI is InChI=1S/C25H25ClNO7P/c1-3-18(2)34-35(29,30)25(27-33-24(28)17-31-22-13-8-10-20(26)16-22)19-9-7-14-23(15-19)32-21-11-5-4-6-12-21/h4-16,18H,3,17H2,1-2H3,(H,29,30). The lowest BCUT2D eigenvalue weighted by Crippen LogP contribution is -2.16. The maximum atomic E-state index is 13.1. The predicted octanol–water partition coefficient (Wildman–Crippen LogP) is 6.42. The number of hydrogen-bond acceptors (Lipinski definition) is 7. The third-order valence-corrected chi connectivity index (χ3v) is 6.38. The van der Waals surface area contributed by atoms with Gasteiger partial charge >= 0.3 is 13.6 Å². The van der Waals surface area contributed by atoms with E-state index in [1.165, 1.54) is 18.2 Å². The quantitative estimate of drug-likeness (QED) is 0.135. The summed E-state index contributed by atoms with van der Waals surface area (Å²) in [6.45, 7) is 2.97. The van der Waals surface area contributed by atoms with Gasteiger partial charge < -0.3 is 23.7 Å². The minimum Gasteiger partial charge on any atom is -0.482 e. The molecule has 3 rings (SSSR count). The normalized spacial score (nSPS) is 14.0. The molecule has 0 aromatic heterocycles. The van der Waals surface area contributed by atoms with Crippen LogP contribution in [0.2, 0.25) is 5.02 Å². The van der Waals surface area contributed by atoms with Crippen LogP contribution in [0.1, 0.15) is 25.8 Å². The summed E-state index contributed by atoms with van der Waals surface area (Å²) < 4.78 is 29.6. The highest BCUT2D eigenvalue weighted by Crippen LogP contribution is 2.48. The maximum absolute atomic E-state index is 13.1. The van der Waals surface area contributed by atoms with Crippen molar-refractivity contribution in [2.24, 2.45) is 5.16 Å². The Balaban J connectivity index is 1.82. The molecule has 0 aliphatic heterocycles. The fourth-order valence-corrected chi connectivity index (χ4v) is 4.31. The molecule has 0 radical (unpaired) electrons. The highest BCUT2D eigenvalue weighted by Gasteiger charge is 2.33. The van der Waals surface area contributed by atoms with Crippen molar-refractivity contribution in [3.8, 4) is 17.2 Å². The van der Waals surface area contributed by atoms with Crippen LogP contribution in [0.25, 0.3) is 0 Å². The number of carbonyl (C=O) groups is 1. The predicted molar refractivity (Wildman–Crippen MR) is 133 cm³/mol. The van der Waals surface area contributed by atoms with Crippen LogP contribution >= 0.6 is 19.2 Å². The van der Waals surface area contributed by atoms with Crippen LogP contribution in [0, 0.1) is 0 Å². The van der Waals surface area contributed by atoms with Gasteiger partial charge in [0.1, 0.15) is 17.2 Å². The summed E-state index contributed by atoms with van der Waals surface area (Å²) in [5.74, 6) is 0.441. The van der Waals surface area contributed by atoms with Crippen molar-refractivity contribution < 1.29 is 33.1 Å². The van der Waals surface area contributed by atoms with Gasteiger partial charge in [0.15, 0.2) is 12.1 Å². The Bertz CT molecular complexity index is 1220. The first-order valence-electron chi connectivity index (χ1n) is 10.8. The van der Waals surface area contributed by atoms with Gasteiger partial charge in [-0.3, -0.25) is 4.57 Å². The lowest BCUT2D eigenvalue weighted by Gasteiger charge is -2.18. The van der Waals surface area contributed by atoms with E-state index >= 15 is 0 Å². The van der Waals surface area contributed by atoms with Gasteiger partial charge in [-0.25, -0.2) is 4.79 Å². The molecule has 184 valence electrons. The Labute approximate surface area is 208 Å². The monoisotopic (exact) mass is 517 g/mol. The summed E-state index contributed by atoms with van der Waals surface area (Å²) in [6.07, 6.45) is -0.0518. The zero-order chi connectivity index (χ0) is 25.3. The molecule has 0 aliphatic rings. The highest BCUT2D eigenvalue weighted by atomic mass is 35.5.